The van der Waals surface area contributed by atoms with E-state index < -0.39 is 0 Å². The van der Waals surface area contributed by atoms with Gasteiger partial charge in [-0.25, -0.2) is 0 Å². The Morgan fingerprint density at radius 3 is 0.714 bits per heavy atom. The summed E-state index contributed by atoms with van der Waals surface area (Å²) in [6.45, 7) is 0. The van der Waals surface area contributed by atoms with Crippen molar-refractivity contribution in [3.05, 3.63) is 36.4 Å². The van der Waals surface area contributed by atoms with Crippen molar-refractivity contribution in [2.24, 2.45) is 0 Å². The number of benzene rings is 1. The molecule has 34 valence electrons. The Hall–Kier alpha value is 0.142. The molecule has 0 fully saturated rings. The summed E-state index contributed by atoms with van der Waals surface area (Å²) in [5.41, 5.74) is 0. The van der Waals surface area contributed by atoms with E-state index in [2.05, 4.69) is 0 Å². The molecule has 0 aromatic heterocycles. The second-order valence-corrected chi connectivity index (χ2v) is 1.15. The summed E-state index contributed by atoms with van der Waals surface area (Å²) in [7, 11) is 0. The van der Waals surface area contributed by atoms with Crippen molar-refractivity contribution in [2.75, 3.05) is 0 Å². The Balaban J connectivity index is 0.000000360. The van der Waals surface area contributed by atoms with Crippen LogP contribution >= 0.6 is 0 Å². The van der Waals surface area contributed by atoms with E-state index in [4.69, 9.17) is 0 Å². The van der Waals surface area contributed by atoms with Gasteiger partial charge in [0.1, 0.15) is 0 Å². The Morgan fingerprint density at radius 2 is 0.571 bits per heavy atom. The average molecular weight is 285 g/mol. The first-order chi connectivity index (χ1) is 3.00. The molecule has 1 aromatic rings. The van der Waals surface area contributed by atoms with E-state index in [1.165, 1.54) is 0 Å². The molecule has 4 radical (unpaired) electrons. The standard InChI is InChI=1S/C6H6.Pb/c1-2-4-6-5-3-1;/h1-6H;. The summed E-state index contributed by atoms with van der Waals surface area (Å²) in [6.07, 6.45) is 0. The molecular formula is C6H6Pb. The van der Waals surface area contributed by atoms with Crippen LogP contribution in [0.1, 0.15) is 0 Å². The summed E-state index contributed by atoms with van der Waals surface area (Å²) < 4.78 is 0. The molecule has 0 aliphatic carbocycles. The zero-order chi connectivity index (χ0) is 4.24. The van der Waals surface area contributed by atoms with Crippen molar-refractivity contribution in [3.63, 3.8) is 0 Å². The normalized spacial score (nSPS) is 6.86. The SMILES string of the molecule is [Pb].c1ccccc1. The topological polar surface area (TPSA) is 0 Å². The van der Waals surface area contributed by atoms with Gasteiger partial charge in [0.15, 0.2) is 0 Å². The third-order valence-corrected chi connectivity index (χ3v) is 0.667. The molecule has 0 spiro atoms. The minimum Gasteiger partial charge on any atom is -0.0623 e. The summed E-state index contributed by atoms with van der Waals surface area (Å²) >= 11 is 0. The van der Waals surface area contributed by atoms with Crippen molar-refractivity contribution in [1.82, 2.24) is 0 Å². The third-order valence-electron chi connectivity index (χ3n) is 0.667. The van der Waals surface area contributed by atoms with Crippen LogP contribution in [0.25, 0.3) is 0 Å². The number of hydrogen-bond donors (Lipinski definition) is 0. The van der Waals surface area contributed by atoms with E-state index in [1.54, 1.807) is 0 Å². The first-order valence-electron chi connectivity index (χ1n) is 2.00. The predicted molar refractivity (Wildman–Crippen MR) is 32.2 cm³/mol. The second-order valence-electron chi connectivity index (χ2n) is 1.15. The molecule has 0 saturated heterocycles. The Labute approximate surface area is 63.7 Å². The quantitative estimate of drug-likeness (QED) is 0.631. The molecule has 0 saturated carbocycles. The zero-order valence-corrected chi connectivity index (χ0v) is 7.85. The van der Waals surface area contributed by atoms with Crippen LogP contribution in [0.15, 0.2) is 36.4 Å². The largest absolute Gasteiger partial charge is 0.0623 e. The van der Waals surface area contributed by atoms with Gasteiger partial charge in [-0.3, -0.25) is 0 Å². The summed E-state index contributed by atoms with van der Waals surface area (Å²) in [5.74, 6) is 0. The van der Waals surface area contributed by atoms with Crippen LogP contribution in [0.3, 0.4) is 0 Å². The predicted octanol–water partition coefficient (Wildman–Crippen LogP) is 1.31. The number of hydrogen-bond acceptors (Lipinski definition) is 0. The van der Waals surface area contributed by atoms with Gasteiger partial charge < -0.3 is 0 Å². The van der Waals surface area contributed by atoms with Crippen LogP contribution in [-0.4, -0.2) is 27.3 Å². The third kappa shape index (κ3) is 2.79. The van der Waals surface area contributed by atoms with E-state index in [0.29, 0.717) is 0 Å². The van der Waals surface area contributed by atoms with Crippen molar-refractivity contribution in [1.29, 1.82) is 0 Å². The van der Waals surface area contributed by atoms with Crippen molar-refractivity contribution in [2.45, 2.75) is 0 Å². The van der Waals surface area contributed by atoms with Crippen LogP contribution in [0.4, 0.5) is 0 Å². The van der Waals surface area contributed by atoms with Gasteiger partial charge in [-0.05, 0) is 0 Å². The molecular weight excluding hydrogens is 279 g/mol. The van der Waals surface area contributed by atoms with E-state index in [-0.39, 0.29) is 27.3 Å². The van der Waals surface area contributed by atoms with Gasteiger partial charge in [-0.1, -0.05) is 36.4 Å². The summed E-state index contributed by atoms with van der Waals surface area (Å²) in [4.78, 5) is 0. The van der Waals surface area contributed by atoms with Crippen LogP contribution in [-0.2, 0) is 0 Å². The fourth-order valence-corrected chi connectivity index (χ4v) is 0.385. The number of rotatable bonds is 0. The molecule has 0 aliphatic rings. The van der Waals surface area contributed by atoms with E-state index in [9.17, 15) is 0 Å². The molecule has 1 rings (SSSR count). The van der Waals surface area contributed by atoms with E-state index in [0.717, 1.165) is 0 Å². The fourth-order valence-electron chi connectivity index (χ4n) is 0.385. The minimum absolute atomic E-state index is 0. The Morgan fingerprint density at radius 1 is 0.429 bits per heavy atom. The van der Waals surface area contributed by atoms with Gasteiger partial charge >= 0.3 is 0 Å². The van der Waals surface area contributed by atoms with Crippen LogP contribution < -0.4 is 0 Å². The van der Waals surface area contributed by atoms with Crippen molar-refractivity contribution < 1.29 is 0 Å². The smallest absolute Gasteiger partial charge is 0 e. The molecule has 7 heavy (non-hydrogen) atoms. The average Bonchev–Trinajstić information content (AvgIpc) is 1.72. The minimum atomic E-state index is 0. The molecule has 0 nitrogen and oxygen atoms in total. The fraction of sp³-hybridized carbons (Fsp3) is 0. The first kappa shape index (κ1) is 7.14. The molecule has 0 N–H and O–H groups in total. The maximum absolute atomic E-state index is 2.00. The molecule has 0 amide bonds. The van der Waals surface area contributed by atoms with Crippen LogP contribution in [0.5, 0.6) is 0 Å². The van der Waals surface area contributed by atoms with Gasteiger partial charge in [-0.15, -0.1) is 0 Å². The first-order valence-corrected chi connectivity index (χ1v) is 2.00. The monoisotopic (exact) mass is 286 g/mol. The molecule has 1 aromatic carbocycles. The van der Waals surface area contributed by atoms with E-state index in [1.807, 2.05) is 36.4 Å². The van der Waals surface area contributed by atoms with E-state index >= 15 is 0 Å². The van der Waals surface area contributed by atoms with Gasteiger partial charge in [0.05, 0.1) is 0 Å². The van der Waals surface area contributed by atoms with Crippen LogP contribution in [0, 0.1) is 0 Å². The molecule has 0 heterocycles. The Bertz CT molecular complexity index is 76.1. The van der Waals surface area contributed by atoms with Crippen molar-refractivity contribution in [3.8, 4) is 0 Å². The zero-order valence-electron chi connectivity index (χ0n) is 3.96. The molecule has 0 unspecified atom stereocenters. The van der Waals surface area contributed by atoms with Gasteiger partial charge in [0, 0.05) is 27.3 Å². The maximum Gasteiger partial charge on any atom is 0 e. The maximum atomic E-state index is 2.00. The molecule has 0 aliphatic heterocycles. The summed E-state index contributed by atoms with van der Waals surface area (Å²) in [5, 5.41) is 0. The second kappa shape index (κ2) is 4.30. The van der Waals surface area contributed by atoms with Crippen LogP contribution in [0.2, 0.25) is 0 Å². The molecule has 0 bridgehead atoms. The Kier molecular flexibility index (Phi) is 4.39. The van der Waals surface area contributed by atoms with Crippen molar-refractivity contribution >= 4 is 27.3 Å². The molecule has 0 atom stereocenters. The van der Waals surface area contributed by atoms with Gasteiger partial charge in [0.2, 0.25) is 0 Å². The van der Waals surface area contributed by atoms with Gasteiger partial charge in [0.25, 0.3) is 0 Å². The van der Waals surface area contributed by atoms with Gasteiger partial charge in [-0.2, -0.15) is 0 Å². The molecule has 1 heteroatoms. The summed E-state index contributed by atoms with van der Waals surface area (Å²) in [6, 6.07) is 12.0.